The van der Waals surface area contributed by atoms with Crippen molar-refractivity contribution in [1.82, 2.24) is 10.3 Å². The van der Waals surface area contributed by atoms with Gasteiger partial charge in [-0.05, 0) is 44.0 Å². The van der Waals surface area contributed by atoms with Gasteiger partial charge >= 0.3 is 0 Å². The van der Waals surface area contributed by atoms with Gasteiger partial charge in [0.2, 0.25) is 0 Å². The van der Waals surface area contributed by atoms with Crippen molar-refractivity contribution in [2.45, 2.75) is 40.2 Å². The summed E-state index contributed by atoms with van der Waals surface area (Å²) in [7, 11) is 0. The summed E-state index contributed by atoms with van der Waals surface area (Å²) in [4.78, 5) is 6.20. The van der Waals surface area contributed by atoms with Crippen LogP contribution in [0.5, 0.6) is 0 Å². The average molecular weight is 353 g/mol. The fraction of sp³-hybridized carbons (Fsp3) is 0.438. The van der Waals surface area contributed by atoms with Crippen molar-refractivity contribution < 1.29 is 0 Å². The van der Waals surface area contributed by atoms with Crippen molar-refractivity contribution in [2.24, 2.45) is 0 Å². The van der Waals surface area contributed by atoms with Crippen LogP contribution in [0.2, 0.25) is 0 Å². The fourth-order valence-electron chi connectivity index (χ4n) is 2.16. The molecule has 2 nitrogen and oxygen atoms in total. The van der Waals surface area contributed by atoms with Crippen molar-refractivity contribution in [1.29, 1.82) is 0 Å². The van der Waals surface area contributed by atoms with Crippen LogP contribution in [-0.4, -0.2) is 11.5 Å². The van der Waals surface area contributed by atoms with Crippen LogP contribution in [0.15, 0.2) is 22.7 Å². The highest BCUT2D eigenvalue weighted by Crippen LogP contribution is 2.32. The fourth-order valence-corrected chi connectivity index (χ4v) is 3.84. The Hall–Kier alpha value is -0.710. The van der Waals surface area contributed by atoms with Crippen molar-refractivity contribution in [2.75, 3.05) is 6.54 Å². The van der Waals surface area contributed by atoms with Gasteiger partial charge in [-0.1, -0.05) is 35.8 Å². The normalized spacial score (nSPS) is 11.0. The molecule has 0 saturated carbocycles. The van der Waals surface area contributed by atoms with Crippen LogP contribution >= 0.6 is 27.3 Å². The summed E-state index contributed by atoms with van der Waals surface area (Å²) < 4.78 is 1.12. The van der Waals surface area contributed by atoms with E-state index in [4.69, 9.17) is 4.98 Å². The summed E-state index contributed by atoms with van der Waals surface area (Å²) in [6.45, 7) is 8.51. The van der Waals surface area contributed by atoms with E-state index in [9.17, 15) is 0 Å². The minimum atomic E-state index is 0.935. The predicted octanol–water partition coefficient (Wildman–Crippen LogP) is 4.94. The van der Waals surface area contributed by atoms with Gasteiger partial charge in [0.05, 0.1) is 5.69 Å². The first-order valence-corrected chi connectivity index (χ1v) is 8.72. The van der Waals surface area contributed by atoms with Crippen LogP contribution < -0.4 is 5.32 Å². The lowest BCUT2D eigenvalue weighted by molar-refractivity contribution is 0.677. The molecule has 2 rings (SSSR count). The Labute approximate surface area is 133 Å². The second-order valence-electron chi connectivity index (χ2n) is 4.88. The topological polar surface area (TPSA) is 24.9 Å². The standard InChI is InChI=1S/C16H21BrN2S/c1-4-8-18-10-15-14(5-2)19-16(20-15)13-7-6-12(17)9-11(13)3/h6-7,9,18H,4-5,8,10H2,1-3H3. The molecule has 0 atom stereocenters. The molecule has 0 radical (unpaired) electrons. The van der Waals surface area contributed by atoms with Crippen LogP contribution in [0, 0.1) is 6.92 Å². The van der Waals surface area contributed by atoms with E-state index in [1.165, 1.54) is 28.1 Å². The molecule has 20 heavy (non-hydrogen) atoms. The van der Waals surface area contributed by atoms with Crippen molar-refractivity contribution in [3.8, 4) is 10.6 Å². The summed E-state index contributed by atoms with van der Waals surface area (Å²) in [6.07, 6.45) is 2.16. The van der Waals surface area contributed by atoms with E-state index in [-0.39, 0.29) is 0 Å². The third-order valence-corrected chi connectivity index (χ3v) is 4.87. The maximum atomic E-state index is 4.83. The van der Waals surface area contributed by atoms with Crippen molar-refractivity contribution >= 4 is 27.3 Å². The number of benzene rings is 1. The lowest BCUT2D eigenvalue weighted by atomic mass is 10.1. The van der Waals surface area contributed by atoms with Crippen LogP contribution in [0.4, 0.5) is 0 Å². The molecule has 1 aromatic carbocycles. The Morgan fingerprint density at radius 3 is 2.75 bits per heavy atom. The number of thiazole rings is 1. The summed E-state index contributed by atoms with van der Waals surface area (Å²) in [5.41, 5.74) is 3.74. The first-order valence-electron chi connectivity index (χ1n) is 7.11. The molecule has 1 N–H and O–H groups in total. The highest BCUT2D eigenvalue weighted by atomic mass is 79.9. The second kappa shape index (κ2) is 7.34. The molecular weight excluding hydrogens is 332 g/mol. The molecule has 0 fully saturated rings. The number of hydrogen-bond acceptors (Lipinski definition) is 3. The maximum Gasteiger partial charge on any atom is 0.124 e. The van der Waals surface area contributed by atoms with Gasteiger partial charge in [0.1, 0.15) is 5.01 Å². The molecule has 0 aliphatic carbocycles. The number of halogens is 1. The van der Waals surface area contributed by atoms with Gasteiger partial charge in [0, 0.05) is 21.5 Å². The van der Waals surface area contributed by atoms with Gasteiger partial charge < -0.3 is 5.32 Å². The van der Waals surface area contributed by atoms with Gasteiger partial charge in [-0.15, -0.1) is 11.3 Å². The van der Waals surface area contributed by atoms with Crippen LogP contribution in [0.25, 0.3) is 10.6 Å². The molecule has 0 bridgehead atoms. The summed E-state index contributed by atoms with van der Waals surface area (Å²) >= 11 is 5.34. The Balaban J connectivity index is 2.28. The zero-order valence-corrected chi connectivity index (χ0v) is 14.7. The van der Waals surface area contributed by atoms with Gasteiger partial charge in [-0.2, -0.15) is 0 Å². The molecule has 0 spiro atoms. The zero-order valence-electron chi connectivity index (χ0n) is 12.3. The van der Waals surface area contributed by atoms with Gasteiger partial charge in [0.15, 0.2) is 0 Å². The predicted molar refractivity (Wildman–Crippen MR) is 91.4 cm³/mol. The molecule has 0 amide bonds. The number of aromatic nitrogens is 1. The van der Waals surface area contributed by atoms with E-state index >= 15 is 0 Å². The van der Waals surface area contributed by atoms with E-state index < -0.39 is 0 Å². The number of rotatable bonds is 6. The Bertz CT molecular complexity index is 578. The third kappa shape index (κ3) is 3.68. The molecule has 0 unspecified atom stereocenters. The van der Waals surface area contributed by atoms with Crippen molar-refractivity contribution in [3.63, 3.8) is 0 Å². The van der Waals surface area contributed by atoms with E-state index in [0.717, 1.165) is 29.0 Å². The van der Waals surface area contributed by atoms with Gasteiger partial charge in [0.25, 0.3) is 0 Å². The number of nitrogens with zero attached hydrogens (tertiary/aromatic N) is 1. The highest BCUT2D eigenvalue weighted by molar-refractivity contribution is 9.10. The molecular formula is C16H21BrN2S. The summed E-state index contributed by atoms with van der Waals surface area (Å²) in [5.74, 6) is 0. The lowest BCUT2D eigenvalue weighted by Gasteiger charge is -2.02. The largest absolute Gasteiger partial charge is 0.312 e. The number of nitrogens with one attached hydrogen (secondary N) is 1. The van der Waals surface area contributed by atoms with E-state index in [0.29, 0.717) is 0 Å². The van der Waals surface area contributed by atoms with Gasteiger partial charge in [-0.3, -0.25) is 0 Å². The Kier molecular flexibility index (Phi) is 5.75. The summed E-state index contributed by atoms with van der Waals surface area (Å²) in [5, 5.41) is 4.62. The van der Waals surface area contributed by atoms with E-state index in [2.05, 4.69) is 60.2 Å². The minimum Gasteiger partial charge on any atom is -0.312 e. The van der Waals surface area contributed by atoms with Crippen LogP contribution in [-0.2, 0) is 13.0 Å². The van der Waals surface area contributed by atoms with Gasteiger partial charge in [-0.25, -0.2) is 4.98 Å². The molecule has 0 saturated heterocycles. The minimum absolute atomic E-state index is 0.935. The Morgan fingerprint density at radius 1 is 1.30 bits per heavy atom. The van der Waals surface area contributed by atoms with Crippen LogP contribution in [0.3, 0.4) is 0 Å². The molecule has 1 heterocycles. The number of aryl methyl sites for hydroxylation is 2. The molecule has 0 aliphatic rings. The van der Waals surface area contributed by atoms with E-state index in [1.54, 1.807) is 0 Å². The highest BCUT2D eigenvalue weighted by Gasteiger charge is 2.12. The van der Waals surface area contributed by atoms with E-state index in [1.807, 2.05) is 11.3 Å². The Morgan fingerprint density at radius 2 is 2.10 bits per heavy atom. The molecule has 2 aromatic rings. The zero-order chi connectivity index (χ0) is 14.5. The molecule has 0 aliphatic heterocycles. The SMILES string of the molecule is CCCNCc1sc(-c2ccc(Br)cc2C)nc1CC. The third-order valence-electron chi connectivity index (χ3n) is 3.24. The maximum absolute atomic E-state index is 4.83. The van der Waals surface area contributed by atoms with Crippen LogP contribution in [0.1, 0.15) is 36.4 Å². The molecule has 1 aromatic heterocycles. The smallest absolute Gasteiger partial charge is 0.124 e. The van der Waals surface area contributed by atoms with Crippen molar-refractivity contribution in [3.05, 3.63) is 38.8 Å². The molecule has 108 valence electrons. The first-order chi connectivity index (χ1) is 9.65. The average Bonchev–Trinajstić information content (AvgIpc) is 2.82. The number of hydrogen-bond donors (Lipinski definition) is 1. The second-order valence-corrected chi connectivity index (χ2v) is 6.88. The monoisotopic (exact) mass is 352 g/mol. The molecule has 4 heteroatoms. The quantitative estimate of drug-likeness (QED) is 0.744. The first kappa shape index (κ1) is 15.7. The summed E-state index contributed by atoms with van der Waals surface area (Å²) in [6, 6.07) is 6.39. The lowest BCUT2D eigenvalue weighted by Crippen LogP contribution is -2.13.